The van der Waals surface area contributed by atoms with Crippen LogP contribution in [0.5, 0.6) is 5.75 Å². The minimum atomic E-state index is -0.770. The van der Waals surface area contributed by atoms with Crippen LogP contribution in [0.25, 0.3) is 10.9 Å². The number of aliphatic hydroxyl groups is 1. The SMILES string of the molecule is CC(=O)N1CCC(O)(CN2CCC(Oc3cccc4c3ccn4C3CCCC3)CC2)C1. The van der Waals surface area contributed by atoms with E-state index in [1.54, 1.807) is 11.8 Å². The van der Waals surface area contributed by atoms with Crippen molar-refractivity contribution in [2.75, 3.05) is 32.7 Å². The van der Waals surface area contributed by atoms with E-state index in [1.807, 2.05) is 0 Å². The number of hydrogen-bond donors (Lipinski definition) is 1. The smallest absolute Gasteiger partial charge is 0.219 e. The lowest BCUT2D eigenvalue weighted by molar-refractivity contribution is -0.129. The highest BCUT2D eigenvalue weighted by atomic mass is 16.5. The maximum absolute atomic E-state index is 11.6. The van der Waals surface area contributed by atoms with E-state index in [4.69, 9.17) is 4.74 Å². The first-order valence-electron chi connectivity index (χ1n) is 12.0. The van der Waals surface area contributed by atoms with Gasteiger partial charge in [0.15, 0.2) is 0 Å². The Kier molecular flexibility index (Phi) is 5.69. The van der Waals surface area contributed by atoms with Gasteiger partial charge in [0.25, 0.3) is 0 Å². The average molecular weight is 426 g/mol. The Morgan fingerprint density at radius 1 is 1.13 bits per heavy atom. The molecule has 1 unspecified atom stereocenters. The third-order valence-electron chi connectivity index (χ3n) is 7.56. The third-order valence-corrected chi connectivity index (χ3v) is 7.56. The Morgan fingerprint density at radius 2 is 1.90 bits per heavy atom. The van der Waals surface area contributed by atoms with Crippen molar-refractivity contribution in [1.82, 2.24) is 14.4 Å². The molecule has 0 spiro atoms. The van der Waals surface area contributed by atoms with E-state index in [2.05, 4.69) is 39.9 Å². The summed E-state index contributed by atoms with van der Waals surface area (Å²) in [7, 11) is 0. The number of fused-ring (bicyclic) bond motifs is 1. The van der Waals surface area contributed by atoms with Gasteiger partial charge in [0.1, 0.15) is 11.9 Å². The molecule has 31 heavy (non-hydrogen) atoms. The van der Waals surface area contributed by atoms with E-state index in [1.165, 1.54) is 36.6 Å². The molecule has 3 heterocycles. The number of rotatable bonds is 5. The van der Waals surface area contributed by atoms with Crippen LogP contribution >= 0.6 is 0 Å². The molecule has 1 amide bonds. The second-order valence-electron chi connectivity index (χ2n) is 9.86. The number of β-amino-alcohol motifs (C(OH)–C–C–N with tert-alkyl or cyclic N) is 1. The highest BCUT2D eigenvalue weighted by Gasteiger charge is 2.39. The molecule has 2 aliphatic heterocycles. The monoisotopic (exact) mass is 425 g/mol. The van der Waals surface area contributed by atoms with Gasteiger partial charge in [-0.2, -0.15) is 0 Å². The number of carbonyl (C=O) groups is 1. The largest absolute Gasteiger partial charge is 0.490 e. The van der Waals surface area contributed by atoms with Gasteiger partial charge in [-0.1, -0.05) is 18.9 Å². The average Bonchev–Trinajstić information content (AvgIpc) is 3.49. The van der Waals surface area contributed by atoms with Gasteiger partial charge in [-0.25, -0.2) is 0 Å². The molecule has 1 N–H and O–H groups in total. The lowest BCUT2D eigenvalue weighted by atomic mass is 10.00. The molecule has 3 aliphatic rings. The minimum Gasteiger partial charge on any atom is -0.490 e. The number of likely N-dealkylation sites (tertiary alicyclic amines) is 2. The van der Waals surface area contributed by atoms with E-state index in [0.29, 0.717) is 32.1 Å². The maximum atomic E-state index is 11.6. The van der Waals surface area contributed by atoms with Crippen LogP contribution < -0.4 is 4.74 Å². The molecule has 5 rings (SSSR count). The van der Waals surface area contributed by atoms with Crippen LogP contribution in [-0.2, 0) is 4.79 Å². The molecular formula is C25H35N3O3. The molecule has 1 atom stereocenters. The Labute approximate surface area is 184 Å². The predicted molar refractivity (Wildman–Crippen MR) is 121 cm³/mol. The fourth-order valence-corrected chi connectivity index (χ4v) is 5.80. The van der Waals surface area contributed by atoms with Gasteiger partial charge < -0.3 is 24.2 Å². The zero-order valence-electron chi connectivity index (χ0n) is 18.6. The van der Waals surface area contributed by atoms with Crippen molar-refractivity contribution in [2.45, 2.75) is 69.6 Å². The van der Waals surface area contributed by atoms with Gasteiger partial charge >= 0.3 is 0 Å². The first kappa shape index (κ1) is 20.8. The van der Waals surface area contributed by atoms with Gasteiger partial charge in [-0.15, -0.1) is 0 Å². The van der Waals surface area contributed by atoms with Crippen LogP contribution in [0.2, 0.25) is 0 Å². The molecule has 6 heteroatoms. The van der Waals surface area contributed by atoms with E-state index in [0.717, 1.165) is 31.7 Å². The predicted octanol–water partition coefficient (Wildman–Crippen LogP) is 3.58. The van der Waals surface area contributed by atoms with Crippen LogP contribution in [0.4, 0.5) is 0 Å². The quantitative estimate of drug-likeness (QED) is 0.796. The zero-order chi connectivity index (χ0) is 21.4. The van der Waals surface area contributed by atoms with Crippen molar-refractivity contribution >= 4 is 16.8 Å². The number of ether oxygens (including phenoxy) is 1. The molecule has 0 bridgehead atoms. The van der Waals surface area contributed by atoms with Crippen LogP contribution in [0.1, 0.15) is 57.9 Å². The van der Waals surface area contributed by atoms with E-state index in [-0.39, 0.29) is 12.0 Å². The summed E-state index contributed by atoms with van der Waals surface area (Å²) >= 11 is 0. The van der Waals surface area contributed by atoms with Crippen molar-refractivity contribution in [1.29, 1.82) is 0 Å². The first-order valence-corrected chi connectivity index (χ1v) is 12.0. The van der Waals surface area contributed by atoms with Gasteiger partial charge in [-0.05, 0) is 50.3 Å². The molecule has 2 aromatic rings. The van der Waals surface area contributed by atoms with Crippen LogP contribution in [0, 0.1) is 0 Å². The van der Waals surface area contributed by atoms with Crippen molar-refractivity contribution in [3.05, 3.63) is 30.5 Å². The molecule has 0 radical (unpaired) electrons. The number of carbonyl (C=O) groups excluding carboxylic acids is 1. The van der Waals surface area contributed by atoms with Crippen LogP contribution in [0.15, 0.2) is 30.5 Å². The van der Waals surface area contributed by atoms with Crippen molar-refractivity contribution in [2.24, 2.45) is 0 Å². The first-order chi connectivity index (χ1) is 15.0. The molecule has 1 aromatic carbocycles. The van der Waals surface area contributed by atoms with Gasteiger partial charge in [-0.3, -0.25) is 4.79 Å². The van der Waals surface area contributed by atoms with Gasteiger partial charge in [0.2, 0.25) is 5.91 Å². The second kappa shape index (κ2) is 8.47. The number of aromatic nitrogens is 1. The molecule has 3 fully saturated rings. The Balaban J connectivity index is 1.18. The summed E-state index contributed by atoms with van der Waals surface area (Å²) in [6.45, 7) is 5.19. The highest BCUT2D eigenvalue weighted by molar-refractivity contribution is 5.86. The Hall–Kier alpha value is -2.05. The highest BCUT2D eigenvalue weighted by Crippen LogP contribution is 2.36. The topological polar surface area (TPSA) is 57.9 Å². The summed E-state index contributed by atoms with van der Waals surface area (Å²) in [6.07, 6.45) is 10.3. The normalized spacial score (nSPS) is 26.2. The van der Waals surface area contributed by atoms with Crippen molar-refractivity contribution in [3.63, 3.8) is 0 Å². The summed E-state index contributed by atoms with van der Waals surface area (Å²) in [5.74, 6) is 1.05. The summed E-state index contributed by atoms with van der Waals surface area (Å²) in [6, 6.07) is 9.29. The molecule has 1 aliphatic carbocycles. The molecule has 1 saturated carbocycles. The molecule has 6 nitrogen and oxygen atoms in total. The zero-order valence-corrected chi connectivity index (χ0v) is 18.6. The van der Waals surface area contributed by atoms with E-state index < -0.39 is 5.60 Å². The standard InChI is InChI=1S/C25H35N3O3/c1-19(29)27-16-12-25(30,18-27)17-26-13-9-21(10-14-26)31-24-8-4-7-23-22(24)11-15-28(23)20-5-2-3-6-20/h4,7-8,11,15,20-21,30H,2-3,5-6,9-10,12-14,16-18H2,1H3. The number of benzene rings is 1. The van der Waals surface area contributed by atoms with Crippen molar-refractivity contribution < 1.29 is 14.6 Å². The molecular weight excluding hydrogens is 390 g/mol. The van der Waals surface area contributed by atoms with Gasteiger partial charge in [0, 0.05) is 50.7 Å². The second-order valence-corrected chi connectivity index (χ2v) is 9.86. The van der Waals surface area contributed by atoms with Crippen LogP contribution in [0.3, 0.4) is 0 Å². The lowest BCUT2D eigenvalue weighted by Crippen LogP contribution is -2.49. The molecule has 168 valence electrons. The number of hydrogen-bond acceptors (Lipinski definition) is 4. The Morgan fingerprint density at radius 3 is 2.61 bits per heavy atom. The maximum Gasteiger partial charge on any atom is 0.219 e. The van der Waals surface area contributed by atoms with Crippen molar-refractivity contribution in [3.8, 4) is 5.75 Å². The minimum absolute atomic E-state index is 0.0546. The van der Waals surface area contributed by atoms with E-state index >= 15 is 0 Å². The molecule has 1 aromatic heterocycles. The van der Waals surface area contributed by atoms with Gasteiger partial charge in [0.05, 0.1) is 17.7 Å². The number of amides is 1. The third kappa shape index (κ3) is 4.33. The number of piperidine rings is 1. The summed E-state index contributed by atoms with van der Waals surface area (Å²) in [5, 5.41) is 12.1. The summed E-state index contributed by atoms with van der Waals surface area (Å²) in [4.78, 5) is 15.7. The number of nitrogens with zero attached hydrogens (tertiary/aromatic N) is 3. The fraction of sp³-hybridized carbons (Fsp3) is 0.640. The summed E-state index contributed by atoms with van der Waals surface area (Å²) < 4.78 is 8.93. The lowest BCUT2D eigenvalue weighted by Gasteiger charge is -2.36. The van der Waals surface area contributed by atoms with Crippen LogP contribution in [-0.4, -0.2) is 69.8 Å². The molecule has 2 saturated heterocycles. The fourth-order valence-electron chi connectivity index (χ4n) is 5.80. The summed E-state index contributed by atoms with van der Waals surface area (Å²) in [5.41, 5.74) is 0.522. The Bertz CT molecular complexity index is 927. The van der Waals surface area contributed by atoms with E-state index in [9.17, 15) is 9.90 Å².